The summed E-state index contributed by atoms with van der Waals surface area (Å²) < 4.78 is 13.3. The molecular weight excluding hydrogens is 249 g/mol. The van der Waals surface area contributed by atoms with Crippen molar-refractivity contribution in [2.45, 2.75) is 38.6 Å². The van der Waals surface area contributed by atoms with E-state index in [4.69, 9.17) is 11.6 Å². The highest BCUT2D eigenvalue weighted by molar-refractivity contribution is 6.30. The SMILES string of the molecule is C/C(=C/c1ccc(Cl)c(F)c1)CC1CCCCN1. The molecule has 1 aromatic rings. The molecule has 18 heavy (non-hydrogen) atoms. The average molecular weight is 268 g/mol. The molecule has 1 heterocycles. The topological polar surface area (TPSA) is 12.0 Å². The van der Waals surface area contributed by atoms with Crippen LogP contribution in [0.4, 0.5) is 4.39 Å². The summed E-state index contributed by atoms with van der Waals surface area (Å²) in [5, 5.41) is 3.70. The molecular formula is C15H19ClFN. The first kappa shape index (κ1) is 13.6. The van der Waals surface area contributed by atoms with Crippen LogP contribution in [0, 0.1) is 5.82 Å². The Morgan fingerprint density at radius 2 is 2.33 bits per heavy atom. The van der Waals surface area contributed by atoms with Crippen LogP contribution in [0.5, 0.6) is 0 Å². The van der Waals surface area contributed by atoms with Crippen molar-refractivity contribution in [3.63, 3.8) is 0 Å². The van der Waals surface area contributed by atoms with Gasteiger partial charge in [0.15, 0.2) is 0 Å². The van der Waals surface area contributed by atoms with Gasteiger partial charge in [0.05, 0.1) is 5.02 Å². The average Bonchev–Trinajstić information content (AvgIpc) is 2.35. The van der Waals surface area contributed by atoms with E-state index in [1.807, 2.05) is 12.1 Å². The molecule has 0 aliphatic carbocycles. The molecule has 0 aromatic heterocycles. The zero-order valence-corrected chi connectivity index (χ0v) is 11.4. The fourth-order valence-corrected chi connectivity index (χ4v) is 2.55. The number of piperidine rings is 1. The Morgan fingerprint density at radius 1 is 1.50 bits per heavy atom. The summed E-state index contributed by atoms with van der Waals surface area (Å²) in [6.45, 7) is 3.22. The molecule has 2 rings (SSSR count). The van der Waals surface area contributed by atoms with Gasteiger partial charge in [-0.15, -0.1) is 0 Å². The Kier molecular flexibility index (Phi) is 4.79. The highest BCUT2D eigenvalue weighted by Gasteiger charge is 2.12. The minimum atomic E-state index is -0.353. The molecule has 1 unspecified atom stereocenters. The maximum absolute atomic E-state index is 13.3. The summed E-state index contributed by atoms with van der Waals surface area (Å²) in [5.74, 6) is -0.353. The molecule has 1 saturated heterocycles. The van der Waals surface area contributed by atoms with E-state index in [1.165, 1.54) is 30.9 Å². The molecule has 1 aliphatic rings. The molecule has 0 radical (unpaired) electrons. The molecule has 1 aromatic carbocycles. The Morgan fingerprint density at radius 3 is 3.00 bits per heavy atom. The minimum Gasteiger partial charge on any atom is -0.314 e. The third kappa shape index (κ3) is 3.82. The molecule has 0 amide bonds. The number of hydrogen-bond acceptors (Lipinski definition) is 1. The maximum atomic E-state index is 13.3. The molecule has 1 atom stereocenters. The van der Waals surface area contributed by atoms with Crippen LogP contribution in [-0.2, 0) is 0 Å². The largest absolute Gasteiger partial charge is 0.314 e. The first-order valence-corrected chi connectivity index (χ1v) is 6.88. The Labute approximate surface area is 113 Å². The summed E-state index contributed by atoms with van der Waals surface area (Å²) in [6.07, 6.45) is 6.89. The van der Waals surface area contributed by atoms with E-state index in [2.05, 4.69) is 12.2 Å². The molecule has 0 bridgehead atoms. The van der Waals surface area contributed by atoms with Crippen molar-refractivity contribution in [2.75, 3.05) is 6.54 Å². The van der Waals surface area contributed by atoms with Gasteiger partial charge in [0.1, 0.15) is 5.82 Å². The first-order valence-electron chi connectivity index (χ1n) is 6.51. The normalized spacial score (nSPS) is 21.1. The molecule has 1 aliphatic heterocycles. The number of halogens is 2. The van der Waals surface area contributed by atoms with E-state index in [-0.39, 0.29) is 10.8 Å². The van der Waals surface area contributed by atoms with Gasteiger partial charge in [-0.05, 0) is 50.4 Å². The van der Waals surface area contributed by atoms with E-state index in [9.17, 15) is 4.39 Å². The summed E-state index contributed by atoms with van der Waals surface area (Å²) >= 11 is 5.67. The van der Waals surface area contributed by atoms with Gasteiger partial charge in [-0.2, -0.15) is 0 Å². The first-order chi connectivity index (χ1) is 8.65. The predicted molar refractivity (Wildman–Crippen MR) is 75.3 cm³/mol. The summed E-state index contributed by atoms with van der Waals surface area (Å²) in [5.41, 5.74) is 2.15. The number of rotatable bonds is 3. The highest BCUT2D eigenvalue weighted by atomic mass is 35.5. The Hall–Kier alpha value is -0.860. The van der Waals surface area contributed by atoms with Gasteiger partial charge < -0.3 is 5.32 Å². The number of benzene rings is 1. The van der Waals surface area contributed by atoms with Crippen LogP contribution < -0.4 is 5.32 Å². The summed E-state index contributed by atoms with van der Waals surface area (Å²) in [4.78, 5) is 0. The van der Waals surface area contributed by atoms with E-state index in [0.29, 0.717) is 6.04 Å². The molecule has 0 spiro atoms. The quantitative estimate of drug-likeness (QED) is 0.855. The Balaban J connectivity index is 2.00. The number of hydrogen-bond donors (Lipinski definition) is 1. The van der Waals surface area contributed by atoms with E-state index in [1.54, 1.807) is 6.07 Å². The van der Waals surface area contributed by atoms with Gasteiger partial charge in [-0.1, -0.05) is 35.7 Å². The molecule has 1 nitrogen and oxygen atoms in total. The third-order valence-electron chi connectivity index (χ3n) is 3.34. The van der Waals surface area contributed by atoms with Gasteiger partial charge in [0.25, 0.3) is 0 Å². The van der Waals surface area contributed by atoms with Crippen LogP contribution in [0.25, 0.3) is 6.08 Å². The lowest BCUT2D eigenvalue weighted by molar-refractivity contribution is 0.399. The zero-order chi connectivity index (χ0) is 13.0. The second kappa shape index (κ2) is 6.35. The van der Waals surface area contributed by atoms with Crippen molar-refractivity contribution >= 4 is 17.7 Å². The highest BCUT2D eigenvalue weighted by Crippen LogP contribution is 2.20. The zero-order valence-electron chi connectivity index (χ0n) is 10.7. The van der Waals surface area contributed by atoms with Gasteiger partial charge in [0, 0.05) is 6.04 Å². The molecule has 0 saturated carbocycles. The molecule has 98 valence electrons. The lowest BCUT2D eigenvalue weighted by Gasteiger charge is -2.23. The molecule has 3 heteroatoms. The van der Waals surface area contributed by atoms with Crippen molar-refractivity contribution in [3.05, 3.63) is 40.2 Å². The van der Waals surface area contributed by atoms with Crippen LogP contribution in [0.3, 0.4) is 0 Å². The fourth-order valence-electron chi connectivity index (χ4n) is 2.43. The Bertz CT molecular complexity index is 436. The van der Waals surface area contributed by atoms with E-state index >= 15 is 0 Å². The molecule has 1 fully saturated rings. The van der Waals surface area contributed by atoms with Crippen molar-refractivity contribution in [3.8, 4) is 0 Å². The van der Waals surface area contributed by atoms with Crippen molar-refractivity contribution in [1.82, 2.24) is 5.32 Å². The summed E-state index contributed by atoms with van der Waals surface area (Å²) in [7, 11) is 0. The van der Waals surface area contributed by atoms with Gasteiger partial charge in [-0.25, -0.2) is 4.39 Å². The molecule has 1 N–H and O–H groups in total. The lowest BCUT2D eigenvalue weighted by Crippen LogP contribution is -2.33. The van der Waals surface area contributed by atoms with Gasteiger partial charge >= 0.3 is 0 Å². The third-order valence-corrected chi connectivity index (χ3v) is 3.64. The van der Waals surface area contributed by atoms with Gasteiger partial charge in [-0.3, -0.25) is 0 Å². The van der Waals surface area contributed by atoms with Crippen molar-refractivity contribution in [1.29, 1.82) is 0 Å². The predicted octanol–water partition coefficient (Wildman–Crippen LogP) is 4.41. The minimum absolute atomic E-state index is 0.179. The summed E-state index contributed by atoms with van der Waals surface area (Å²) in [6, 6.07) is 5.52. The van der Waals surface area contributed by atoms with Crippen LogP contribution in [0.2, 0.25) is 5.02 Å². The van der Waals surface area contributed by atoms with E-state index < -0.39 is 0 Å². The smallest absolute Gasteiger partial charge is 0.142 e. The van der Waals surface area contributed by atoms with Crippen molar-refractivity contribution < 1.29 is 4.39 Å². The van der Waals surface area contributed by atoms with Crippen LogP contribution >= 0.6 is 11.6 Å². The fraction of sp³-hybridized carbons (Fsp3) is 0.467. The van der Waals surface area contributed by atoms with Gasteiger partial charge in [0.2, 0.25) is 0 Å². The number of nitrogens with one attached hydrogen (secondary N) is 1. The van der Waals surface area contributed by atoms with E-state index in [0.717, 1.165) is 18.5 Å². The van der Waals surface area contributed by atoms with Crippen LogP contribution in [0.1, 0.15) is 38.2 Å². The monoisotopic (exact) mass is 267 g/mol. The standard InChI is InChI=1S/C15H19ClFN/c1-11(9-13-4-2-3-7-18-13)8-12-5-6-14(16)15(17)10-12/h5-6,8,10,13,18H,2-4,7,9H2,1H3/b11-8-. The lowest BCUT2D eigenvalue weighted by atomic mass is 9.97. The maximum Gasteiger partial charge on any atom is 0.142 e. The van der Waals surface area contributed by atoms with Crippen LogP contribution in [0.15, 0.2) is 23.8 Å². The second-order valence-electron chi connectivity index (χ2n) is 5.02. The van der Waals surface area contributed by atoms with Crippen molar-refractivity contribution in [2.24, 2.45) is 0 Å². The second-order valence-corrected chi connectivity index (χ2v) is 5.42. The van der Waals surface area contributed by atoms with Crippen LogP contribution in [-0.4, -0.2) is 12.6 Å².